The van der Waals surface area contributed by atoms with Crippen molar-refractivity contribution in [3.05, 3.63) is 34.4 Å². The maximum absolute atomic E-state index is 12.8. The summed E-state index contributed by atoms with van der Waals surface area (Å²) >= 11 is 0. The van der Waals surface area contributed by atoms with Gasteiger partial charge in [0.05, 0.1) is 15.7 Å². The van der Waals surface area contributed by atoms with Gasteiger partial charge in [0.2, 0.25) is 10.0 Å². The van der Waals surface area contributed by atoms with Gasteiger partial charge in [0.15, 0.2) is 0 Å². The highest BCUT2D eigenvalue weighted by Gasteiger charge is 2.41. The molecule has 1 aliphatic heterocycles. The van der Waals surface area contributed by atoms with Crippen molar-refractivity contribution in [3.8, 4) is 0 Å². The Kier molecular flexibility index (Phi) is 6.74. The second-order valence-corrected chi connectivity index (χ2v) is 9.62. The molecular weight excluding hydrogens is 441 g/mol. The number of rotatable bonds is 4. The van der Waals surface area contributed by atoms with Gasteiger partial charge in [0.25, 0.3) is 5.69 Å². The first-order valence-corrected chi connectivity index (χ1v) is 11.3. The molecule has 2 aliphatic rings. The van der Waals surface area contributed by atoms with Crippen LogP contribution in [-0.4, -0.2) is 67.0 Å². The van der Waals surface area contributed by atoms with Crippen LogP contribution in [0.25, 0.3) is 0 Å². The minimum atomic E-state index is -4.21. The van der Waals surface area contributed by atoms with Gasteiger partial charge in [-0.25, -0.2) is 13.2 Å². The minimum absolute atomic E-state index is 0.0132. The van der Waals surface area contributed by atoms with Crippen molar-refractivity contribution >= 4 is 21.7 Å². The van der Waals surface area contributed by atoms with E-state index >= 15 is 0 Å². The third-order valence-electron chi connectivity index (χ3n) is 5.71. The first-order valence-electron chi connectivity index (χ1n) is 9.85. The Morgan fingerprint density at radius 3 is 2.26 bits per heavy atom. The van der Waals surface area contributed by atoms with Gasteiger partial charge in [-0.2, -0.15) is 17.5 Å². The van der Waals surface area contributed by atoms with Gasteiger partial charge in [-0.05, 0) is 31.7 Å². The van der Waals surface area contributed by atoms with Crippen molar-refractivity contribution in [1.82, 2.24) is 14.5 Å². The van der Waals surface area contributed by atoms with E-state index in [0.29, 0.717) is 0 Å². The number of urea groups is 1. The number of nitrogens with zero attached hydrogens (tertiary/aromatic N) is 3. The fourth-order valence-corrected chi connectivity index (χ4v) is 5.33. The molecule has 1 saturated carbocycles. The number of nitro benzene ring substituents is 1. The highest BCUT2D eigenvalue weighted by molar-refractivity contribution is 7.89. The molecule has 0 spiro atoms. The fourth-order valence-electron chi connectivity index (χ4n) is 3.87. The van der Waals surface area contributed by atoms with Crippen LogP contribution in [0.15, 0.2) is 29.2 Å². The quantitative estimate of drug-likeness (QED) is 0.544. The van der Waals surface area contributed by atoms with E-state index in [1.165, 1.54) is 23.1 Å². The Hall–Kier alpha value is -2.41. The molecule has 2 amide bonds. The van der Waals surface area contributed by atoms with Crippen molar-refractivity contribution in [2.75, 3.05) is 26.2 Å². The van der Waals surface area contributed by atoms with Gasteiger partial charge in [0, 0.05) is 44.4 Å². The lowest BCUT2D eigenvalue weighted by Crippen LogP contribution is -2.54. The number of amides is 2. The third-order valence-corrected chi connectivity index (χ3v) is 7.60. The van der Waals surface area contributed by atoms with E-state index in [-0.39, 0.29) is 68.5 Å². The summed E-state index contributed by atoms with van der Waals surface area (Å²) < 4.78 is 64.9. The van der Waals surface area contributed by atoms with Crippen LogP contribution in [-0.2, 0) is 10.0 Å². The molecule has 1 N–H and O–H groups in total. The molecule has 172 valence electrons. The maximum Gasteiger partial charge on any atom is 0.391 e. The molecule has 1 heterocycles. The summed E-state index contributed by atoms with van der Waals surface area (Å²) in [7, 11) is -3.95. The number of non-ortho nitro benzene ring substituents is 1. The van der Waals surface area contributed by atoms with Crippen molar-refractivity contribution in [1.29, 1.82) is 0 Å². The average molecular weight is 464 g/mol. The molecule has 1 aromatic rings. The van der Waals surface area contributed by atoms with Crippen LogP contribution >= 0.6 is 0 Å². The molecule has 9 nitrogen and oxygen atoms in total. The number of carbonyl (C=O) groups excluding carboxylic acids is 1. The van der Waals surface area contributed by atoms with E-state index < -0.39 is 33.1 Å². The van der Waals surface area contributed by atoms with Crippen LogP contribution in [0.2, 0.25) is 0 Å². The summed E-state index contributed by atoms with van der Waals surface area (Å²) in [6.07, 6.45) is -3.77. The Morgan fingerprint density at radius 2 is 1.71 bits per heavy atom. The highest BCUT2D eigenvalue weighted by atomic mass is 32.2. The van der Waals surface area contributed by atoms with Crippen molar-refractivity contribution in [3.63, 3.8) is 0 Å². The van der Waals surface area contributed by atoms with E-state index in [1.807, 2.05) is 0 Å². The number of alkyl halides is 3. The number of halogens is 3. The zero-order chi connectivity index (χ0) is 22.8. The van der Waals surface area contributed by atoms with Gasteiger partial charge >= 0.3 is 12.2 Å². The second kappa shape index (κ2) is 8.99. The fraction of sp³-hybridized carbons (Fsp3) is 0.611. The van der Waals surface area contributed by atoms with E-state index in [9.17, 15) is 36.5 Å². The molecule has 0 bridgehead atoms. The first kappa shape index (κ1) is 23.3. The molecule has 1 saturated heterocycles. The number of sulfonamides is 1. The van der Waals surface area contributed by atoms with E-state index in [1.54, 1.807) is 0 Å². The van der Waals surface area contributed by atoms with Crippen LogP contribution < -0.4 is 5.32 Å². The Balaban J connectivity index is 1.53. The average Bonchev–Trinajstić information content (AvgIpc) is 2.73. The number of nitro groups is 1. The van der Waals surface area contributed by atoms with E-state index in [2.05, 4.69) is 5.32 Å². The second-order valence-electron chi connectivity index (χ2n) is 7.69. The number of carbonyl (C=O) groups is 1. The zero-order valence-corrected chi connectivity index (χ0v) is 17.4. The lowest BCUT2D eigenvalue weighted by atomic mass is 9.85. The van der Waals surface area contributed by atoms with Gasteiger partial charge in [-0.3, -0.25) is 10.1 Å². The maximum atomic E-state index is 12.8. The van der Waals surface area contributed by atoms with Crippen molar-refractivity contribution < 1.29 is 31.3 Å². The van der Waals surface area contributed by atoms with Crippen LogP contribution in [0.4, 0.5) is 23.7 Å². The molecule has 0 unspecified atom stereocenters. The van der Waals surface area contributed by atoms with Crippen LogP contribution in [0.1, 0.15) is 25.7 Å². The zero-order valence-electron chi connectivity index (χ0n) is 16.5. The molecule has 2 fully saturated rings. The molecule has 1 aromatic carbocycles. The summed E-state index contributed by atoms with van der Waals surface area (Å²) in [6, 6.07) is 4.00. The van der Waals surface area contributed by atoms with Gasteiger partial charge in [0.1, 0.15) is 0 Å². The molecule has 0 aromatic heterocycles. The number of hydrogen-bond donors (Lipinski definition) is 1. The van der Waals surface area contributed by atoms with Crippen molar-refractivity contribution in [2.24, 2.45) is 5.92 Å². The summed E-state index contributed by atoms with van der Waals surface area (Å²) in [6.45, 7) is 0.244. The summed E-state index contributed by atoms with van der Waals surface area (Å²) in [4.78, 5) is 23.9. The Morgan fingerprint density at radius 1 is 1.10 bits per heavy atom. The molecule has 0 radical (unpaired) electrons. The first-order chi connectivity index (χ1) is 14.5. The monoisotopic (exact) mass is 464 g/mol. The number of nitrogens with one attached hydrogen (secondary N) is 1. The molecule has 1 aliphatic carbocycles. The number of piperazine rings is 1. The summed E-state index contributed by atoms with van der Waals surface area (Å²) in [5, 5.41) is 13.6. The van der Waals surface area contributed by atoms with Crippen LogP contribution in [0.5, 0.6) is 0 Å². The third kappa shape index (κ3) is 5.45. The predicted octanol–water partition coefficient (Wildman–Crippen LogP) is 2.73. The topological polar surface area (TPSA) is 113 Å². The highest BCUT2D eigenvalue weighted by Crippen LogP contribution is 2.37. The predicted molar refractivity (Wildman–Crippen MR) is 104 cm³/mol. The molecule has 0 atom stereocenters. The smallest absolute Gasteiger partial charge is 0.335 e. The van der Waals surface area contributed by atoms with E-state index in [4.69, 9.17) is 0 Å². The van der Waals surface area contributed by atoms with Crippen LogP contribution in [0.3, 0.4) is 0 Å². The van der Waals surface area contributed by atoms with E-state index in [0.717, 1.165) is 10.4 Å². The standard InChI is InChI=1S/C18H23F3N4O5S/c19-18(20,21)13-4-6-14(7-5-13)22-17(26)23-8-10-24(11-9-23)31(29,30)16-3-1-2-15(12-16)25(27)28/h1-3,12-14H,4-11H2,(H,22,26). The van der Waals surface area contributed by atoms with Gasteiger partial charge < -0.3 is 10.2 Å². The lowest BCUT2D eigenvalue weighted by molar-refractivity contribution is -0.385. The number of hydrogen-bond acceptors (Lipinski definition) is 5. The van der Waals surface area contributed by atoms with Gasteiger partial charge in [-0.1, -0.05) is 6.07 Å². The SMILES string of the molecule is O=C(NC1CCC(C(F)(F)F)CC1)N1CCN(S(=O)(=O)c2cccc([N+](=O)[O-])c2)CC1. The summed E-state index contributed by atoms with van der Waals surface area (Å²) in [5.41, 5.74) is -0.334. The van der Waals surface area contributed by atoms with Crippen molar-refractivity contribution in [2.45, 2.75) is 42.8 Å². The summed E-state index contributed by atoms with van der Waals surface area (Å²) in [5.74, 6) is -1.33. The molecule has 31 heavy (non-hydrogen) atoms. The largest absolute Gasteiger partial charge is 0.391 e. The Labute approximate surface area is 177 Å². The lowest BCUT2D eigenvalue weighted by Gasteiger charge is -2.36. The van der Waals surface area contributed by atoms with Gasteiger partial charge in [-0.15, -0.1) is 0 Å². The normalized spacial score (nSPS) is 23.4. The van der Waals surface area contributed by atoms with Crippen LogP contribution in [0, 0.1) is 16.0 Å². The molecular formula is C18H23F3N4O5S. The minimum Gasteiger partial charge on any atom is -0.335 e. The number of benzene rings is 1. The molecule has 3 rings (SSSR count). The molecule has 13 heteroatoms. The Bertz CT molecular complexity index is 924.